The molecule has 1 atom stereocenters. The van der Waals surface area contributed by atoms with Gasteiger partial charge in [-0.3, -0.25) is 0 Å². The van der Waals surface area contributed by atoms with Gasteiger partial charge in [-0.05, 0) is 68.8 Å². The van der Waals surface area contributed by atoms with Crippen LogP contribution in [0.3, 0.4) is 0 Å². The van der Waals surface area contributed by atoms with Crippen LogP contribution < -0.4 is 5.32 Å². The van der Waals surface area contributed by atoms with Crippen molar-refractivity contribution < 1.29 is 0 Å². The third kappa shape index (κ3) is 3.07. The van der Waals surface area contributed by atoms with Crippen LogP contribution in [0.4, 0.5) is 0 Å². The van der Waals surface area contributed by atoms with Crippen LogP contribution in [0.25, 0.3) is 0 Å². The number of benzene rings is 1. The molecule has 1 aliphatic carbocycles. The number of aryl methyl sites for hydroxylation is 4. The van der Waals surface area contributed by atoms with Crippen molar-refractivity contribution in [1.29, 1.82) is 0 Å². The Balaban J connectivity index is 2.01. The SMILES string of the molecule is CCNC(c1cc2c(s1)CCCC2)c1cc(C)ccc1C. The van der Waals surface area contributed by atoms with E-state index in [9.17, 15) is 0 Å². The number of hydrogen-bond donors (Lipinski definition) is 1. The summed E-state index contributed by atoms with van der Waals surface area (Å²) in [7, 11) is 0. The summed E-state index contributed by atoms with van der Waals surface area (Å²) < 4.78 is 0. The third-order valence-electron chi connectivity index (χ3n) is 4.45. The van der Waals surface area contributed by atoms with Crippen molar-refractivity contribution in [1.82, 2.24) is 5.32 Å². The summed E-state index contributed by atoms with van der Waals surface area (Å²) in [5.74, 6) is 0. The first kappa shape index (κ1) is 14.8. The Kier molecular flexibility index (Phi) is 4.46. The first-order valence-electron chi connectivity index (χ1n) is 8.11. The molecule has 0 radical (unpaired) electrons. The van der Waals surface area contributed by atoms with E-state index in [1.165, 1.54) is 47.3 Å². The molecule has 112 valence electrons. The molecule has 0 saturated carbocycles. The van der Waals surface area contributed by atoms with Crippen molar-refractivity contribution in [3.63, 3.8) is 0 Å². The van der Waals surface area contributed by atoms with Gasteiger partial charge in [0.05, 0.1) is 6.04 Å². The summed E-state index contributed by atoms with van der Waals surface area (Å²) in [6.45, 7) is 7.62. The van der Waals surface area contributed by atoms with Gasteiger partial charge in [-0.15, -0.1) is 11.3 Å². The molecule has 3 rings (SSSR count). The first-order chi connectivity index (χ1) is 10.2. The monoisotopic (exact) mass is 299 g/mol. The minimum absolute atomic E-state index is 0.352. The molecule has 2 aromatic rings. The minimum Gasteiger partial charge on any atom is -0.306 e. The van der Waals surface area contributed by atoms with Gasteiger partial charge in [0.15, 0.2) is 0 Å². The molecule has 0 bridgehead atoms. The first-order valence-corrected chi connectivity index (χ1v) is 8.92. The molecule has 1 aliphatic rings. The zero-order chi connectivity index (χ0) is 14.8. The highest BCUT2D eigenvalue weighted by molar-refractivity contribution is 7.12. The lowest BCUT2D eigenvalue weighted by molar-refractivity contribution is 0.635. The van der Waals surface area contributed by atoms with Gasteiger partial charge in [-0.25, -0.2) is 0 Å². The number of rotatable bonds is 4. The summed E-state index contributed by atoms with van der Waals surface area (Å²) in [4.78, 5) is 3.13. The largest absolute Gasteiger partial charge is 0.306 e. The smallest absolute Gasteiger partial charge is 0.0673 e. The van der Waals surface area contributed by atoms with Crippen LogP contribution in [0.1, 0.15) is 57.8 Å². The Morgan fingerprint density at radius 2 is 1.95 bits per heavy atom. The third-order valence-corrected chi connectivity index (χ3v) is 5.76. The second kappa shape index (κ2) is 6.33. The molecule has 1 N–H and O–H groups in total. The summed E-state index contributed by atoms with van der Waals surface area (Å²) in [5, 5.41) is 3.70. The average Bonchev–Trinajstić information content (AvgIpc) is 2.91. The van der Waals surface area contributed by atoms with Gasteiger partial charge in [0, 0.05) is 9.75 Å². The van der Waals surface area contributed by atoms with Crippen LogP contribution in [0.2, 0.25) is 0 Å². The summed E-state index contributed by atoms with van der Waals surface area (Å²) in [5.41, 5.74) is 5.78. The van der Waals surface area contributed by atoms with Gasteiger partial charge < -0.3 is 5.32 Å². The number of fused-ring (bicyclic) bond motifs is 1. The van der Waals surface area contributed by atoms with Crippen molar-refractivity contribution in [2.75, 3.05) is 6.54 Å². The van der Waals surface area contributed by atoms with Gasteiger partial charge in [0.25, 0.3) is 0 Å². The highest BCUT2D eigenvalue weighted by Crippen LogP contribution is 2.36. The number of thiophene rings is 1. The molecule has 0 spiro atoms. The summed E-state index contributed by atoms with van der Waals surface area (Å²) >= 11 is 2.03. The predicted molar refractivity (Wildman–Crippen MR) is 92.4 cm³/mol. The van der Waals surface area contributed by atoms with Crippen LogP contribution in [-0.4, -0.2) is 6.54 Å². The van der Waals surface area contributed by atoms with E-state index in [0.717, 1.165) is 6.54 Å². The van der Waals surface area contributed by atoms with Gasteiger partial charge in [0.1, 0.15) is 0 Å². The molecule has 2 heteroatoms. The zero-order valence-electron chi connectivity index (χ0n) is 13.3. The number of nitrogens with one attached hydrogen (secondary N) is 1. The molecule has 0 aliphatic heterocycles. The van der Waals surface area contributed by atoms with Crippen LogP contribution in [-0.2, 0) is 12.8 Å². The van der Waals surface area contributed by atoms with E-state index < -0.39 is 0 Å². The molecular weight excluding hydrogens is 274 g/mol. The maximum Gasteiger partial charge on any atom is 0.0673 e. The Morgan fingerprint density at radius 3 is 2.71 bits per heavy atom. The number of hydrogen-bond acceptors (Lipinski definition) is 2. The second-order valence-electron chi connectivity index (χ2n) is 6.16. The van der Waals surface area contributed by atoms with Crippen LogP contribution in [0.5, 0.6) is 0 Å². The van der Waals surface area contributed by atoms with Crippen molar-refractivity contribution in [2.45, 2.75) is 52.5 Å². The summed E-state index contributed by atoms with van der Waals surface area (Å²) in [6, 6.07) is 9.63. The molecular formula is C19H25NS. The fourth-order valence-corrected chi connectivity index (χ4v) is 4.65. The van der Waals surface area contributed by atoms with Gasteiger partial charge in [-0.2, -0.15) is 0 Å². The topological polar surface area (TPSA) is 12.0 Å². The summed E-state index contributed by atoms with van der Waals surface area (Å²) in [6.07, 6.45) is 5.28. The highest BCUT2D eigenvalue weighted by atomic mass is 32.1. The fourth-order valence-electron chi connectivity index (χ4n) is 3.29. The quantitative estimate of drug-likeness (QED) is 0.843. The van der Waals surface area contributed by atoms with E-state index in [2.05, 4.69) is 50.4 Å². The molecule has 21 heavy (non-hydrogen) atoms. The maximum atomic E-state index is 3.70. The highest BCUT2D eigenvalue weighted by Gasteiger charge is 2.21. The van der Waals surface area contributed by atoms with Crippen molar-refractivity contribution in [2.24, 2.45) is 0 Å². The lowest BCUT2D eigenvalue weighted by Crippen LogP contribution is -2.22. The standard InChI is InChI=1S/C19H25NS/c1-4-20-19(16-11-13(2)9-10-14(16)3)18-12-15-7-5-6-8-17(15)21-18/h9-12,19-20H,4-8H2,1-3H3. The predicted octanol–water partition coefficient (Wildman–Crippen LogP) is 4.94. The van der Waals surface area contributed by atoms with E-state index >= 15 is 0 Å². The zero-order valence-corrected chi connectivity index (χ0v) is 14.1. The van der Waals surface area contributed by atoms with Crippen LogP contribution in [0.15, 0.2) is 24.3 Å². The van der Waals surface area contributed by atoms with Gasteiger partial charge in [0.2, 0.25) is 0 Å². The molecule has 1 aromatic carbocycles. The lowest BCUT2D eigenvalue weighted by Gasteiger charge is -2.20. The van der Waals surface area contributed by atoms with Gasteiger partial charge in [-0.1, -0.05) is 30.7 Å². The molecule has 1 aromatic heterocycles. The van der Waals surface area contributed by atoms with E-state index in [1.54, 1.807) is 10.4 Å². The Morgan fingerprint density at radius 1 is 1.14 bits per heavy atom. The van der Waals surface area contributed by atoms with Crippen LogP contribution >= 0.6 is 11.3 Å². The molecule has 1 heterocycles. The Labute approximate surface area is 132 Å². The van der Waals surface area contributed by atoms with E-state index in [1.807, 2.05) is 11.3 Å². The molecule has 0 fully saturated rings. The second-order valence-corrected chi connectivity index (χ2v) is 7.32. The van der Waals surface area contributed by atoms with E-state index in [0.29, 0.717) is 6.04 Å². The fraction of sp³-hybridized carbons (Fsp3) is 0.474. The maximum absolute atomic E-state index is 3.70. The van der Waals surface area contributed by atoms with Crippen LogP contribution in [0, 0.1) is 13.8 Å². The molecule has 1 unspecified atom stereocenters. The van der Waals surface area contributed by atoms with Crippen molar-refractivity contribution in [3.8, 4) is 0 Å². The average molecular weight is 299 g/mol. The van der Waals surface area contributed by atoms with E-state index in [4.69, 9.17) is 0 Å². The lowest BCUT2D eigenvalue weighted by atomic mass is 9.95. The molecule has 0 amide bonds. The Bertz CT molecular complexity index is 603. The normalized spacial score (nSPS) is 15.8. The Hall–Kier alpha value is -1.12. The van der Waals surface area contributed by atoms with Gasteiger partial charge >= 0.3 is 0 Å². The van der Waals surface area contributed by atoms with E-state index in [-0.39, 0.29) is 0 Å². The molecule has 1 nitrogen and oxygen atoms in total. The molecule has 0 saturated heterocycles. The minimum atomic E-state index is 0.352. The van der Waals surface area contributed by atoms with Crippen molar-refractivity contribution in [3.05, 3.63) is 56.3 Å². The van der Waals surface area contributed by atoms with Crippen molar-refractivity contribution >= 4 is 11.3 Å².